The molecule has 0 atom stereocenters. The van der Waals surface area contributed by atoms with E-state index in [9.17, 15) is 4.79 Å². The minimum absolute atomic E-state index is 0.114. The fourth-order valence-corrected chi connectivity index (χ4v) is 2.72. The topological polar surface area (TPSA) is 46.9 Å². The van der Waals surface area contributed by atoms with Gasteiger partial charge in [0.15, 0.2) is 0 Å². The monoisotopic (exact) mass is 383 g/mol. The Morgan fingerprint density at radius 2 is 1.62 bits per heavy atom. The Kier molecular flexibility index (Phi) is 4.53. The Bertz CT molecular complexity index is 880. The van der Waals surface area contributed by atoms with Crippen molar-refractivity contribution in [3.05, 3.63) is 75.5 Å². The Balaban J connectivity index is 1.78. The molecule has 1 heterocycles. The average molecular weight is 384 g/mol. The van der Waals surface area contributed by atoms with E-state index in [1.54, 1.807) is 0 Å². The molecule has 24 heavy (non-hydrogen) atoms. The molecular formula is C19H18BrN3O. The molecule has 0 aliphatic rings. The number of hydrogen-bond donors (Lipinski definition) is 1. The first kappa shape index (κ1) is 16.5. The summed E-state index contributed by atoms with van der Waals surface area (Å²) in [6.07, 6.45) is 0. The van der Waals surface area contributed by atoms with Crippen molar-refractivity contribution in [1.82, 2.24) is 9.78 Å². The van der Waals surface area contributed by atoms with Gasteiger partial charge in [-0.05, 0) is 73.1 Å². The van der Waals surface area contributed by atoms with E-state index in [1.807, 2.05) is 74.0 Å². The first-order valence-electron chi connectivity index (χ1n) is 7.66. The number of benzene rings is 2. The Hall–Kier alpha value is -2.40. The van der Waals surface area contributed by atoms with Crippen LogP contribution in [-0.4, -0.2) is 15.7 Å². The van der Waals surface area contributed by atoms with Crippen molar-refractivity contribution in [3.63, 3.8) is 0 Å². The highest BCUT2D eigenvalue weighted by Gasteiger charge is 2.11. The fraction of sp³-hybridized carbons (Fsp3) is 0.158. The molecule has 0 aliphatic heterocycles. The van der Waals surface area contributed by atoms with Crippen LogP contribution in [0.25, 0.3) is 5.69 Å². The molecule has 0 unspecified atom stereocenters. The molecular weight excluding hydrogens is 366 g/mol. The number of hydrogen-bond acceptors (Lipinski definition) is 2. The molecule has 0 aliphatic carbocycles. The summed E-state index contributed by atoms with van der Waals surface area (Å²) in [5.74, 6) is -0.114. The highest BCUT2D eigenvalue weighted by Crippen LogP contribution is 2.23. The van der Waals surface area contributed by atoms with Crippen LogP contribution >= 0.6 is 15.9 Å². The van der Waals surface area contributed by atoms with Gasteiger partial charge in [-0.3, -0.25) is 4.79 Å². The van der Waals surface area contributed by atoms with Gasteiger partial charge >= 0.3 is 0 Å². The molecule has 0 spiro atoms. The summed E-state index contributed by atoms with van der Waals surface area (Å²) in [5, 5.41) is 7.42. The third-order valence-corrected chi connectivity index (χ3v) is 5.03. The second-order valence-corrected chi connectivity index (χ2v) is 6.56. The molecule has 1 aromatic heterocycles. The number of aryl methyl sites for hydroxylation is 2. The number of nitrogens with zero attached hydrogens (tertiary/aromatic N) is 2. The molecule has 122 valence electrons. The van der Waals surface area contributed by atoms with Crippen molar-refractivity contribution in [2.45, 2.75) is 20.8 Å². The van der Waals surface area contributed by atoms with Gasteiger partial charge in [0, 0.05) is 11.3 Å². The number of nitrogens with one attached hydrogen (secondary N) is 1. The van der Waals surface area contributed by atoms with Gasteiger partial charge in [-0.2, -0.15) is 5.10 Å². The zero-order valence-corrected chi connectivity index (χ0v) is 15.4. The summed E-state index contributed by atoms with van der Waals surface area (Å²) in [4.78, 5) is 12.2. The van der Waals surface area contributed by atoms with Crippen molar-refractivity contribution in [2.75, 3.05) is 5.32 Å². The molecule has 2 aromatic carbocycles. The van der Waals surface area contributed by atoms with E-state index in [-0.39, 0.29) is 5.91 Å². The van der Waals surface area contributed by atoms with Gasteiger partial charge in [-0.15, -0.1) is 0 Å². The van der Waals surface area contributed by atoms with Gasteiger partial charge in [0.05, 0.1) is 21.5 Å². The molecule has 3 aromatic rings. The van der Waals surface area contributed by atoms with Crippen LogP contribution < -0.4 is 5.32 Å². The number of aromatic nitrogens is 2. The van der Waals surface area contributed by atoms with E-state index in [4.69, 9.17) is 0 Å². The Morgan fingerprint density at radius 3 is 2.17 bits per heavy atom. The van der Waals surface area contributed by atoms with Gasteiger partial charge in [0.25, 0.3) is 5.91 Å². The molecule has 0 saturated heterocycles. The van der Waals surface area contributed by atoms with E-state index >= 15 is 0 Å². The van der Waals surface area contributed by atoms with Crippen molar-refractivity contribution >= 4 is 27.5 Å². The Morgan fingerprint density at radius 1 is 1.00 bits per heavy atom. The van der Waals surface area contributed by atoms with Crippen LogP contribution in [0.15, 0.2) is 53.0 Å². The normalized spacial score (nSPS) is 10.7. The summed E-state index contributed by atoms with van der Waals surface area (Å²) in [5.41, 5.74) is 5.48. The lowest BCUT2D eigenvalue weighted by Crippen LogP contribution is -2.11. The lowest BCUT2D eigenvalue weighted by atomic mass is 10.1. The number of anilines is 1. The van der Waals surface area contributed by atoms with E-state index in [0.29, 0.717) is 5.56 Å². The number of amides is 1. The Labute approximate surface area is 149 Å². The minimum atomic E-state index is -0.114. The SMILES string of the molecule is Cc1ccc(C(=O)Nc2ccc(-n3nc(C)c(Br)c3C)cc2)cc1. The lowest BCUT2D eigenvalue weighted by Gasteiger charge is -2.08. The molecule has 1 amide bonds. The smallest absolute Gasteiger partial charge is 0.255 e. The summed E-state index contributed by atoms with van der Waals surface area (Å²) >= 11 is 3.54. The van der Waals surface area contributed by atoms with E-state index in [1.165, 1.54) is 0 Å². The molecule has 5 heteroatoms. The third-order valence-electron chi connectivity index (χ3n) is 3.89. The maximum Gasteiger partial charge on any atom is 0.255 e. The first-order chi connectivity index (χ1) is 11.5. The number of rotatable bonds is 3. The van der Waals surface area contributed by atoms with Crippen molar-refractivity contribution < 1.29 is 4.79 Å². The van der Waals surface area contributed by atoms with Gasteiger partial charge in [-0.25, -0.2) is 4.68 Å². The molecule has 0 fully saturated rings. The number of carbonyl (C=O) groups excluding carboxylic acids is 1. The minimum Gasteiger partial charge on any atom is -0.322 e. The van der Waals surface area contributed by atoms with Crippen molar-refractivity contribution in [1.29, 1.82) is 0 Å². The maximum absolute atomic E-state index is 12.2. The molecule has 4 nitrogen and oxygen atoms in total. The molecule has 0 radical (unpaired) electrons. The van der Waals surface area contributed by atoms with E-state index < -0.39 is 0 Å². The highest BCUT2D eigenvalue weighted by molar-refractivity contribution is 9.10. The van der Waals surface area contributed by atoms with Gasteiger partial charge in [0.2, 0.25) is 0 Å². The number of halogens is 1. The van der Waals surface area contributed by atoms with Gasteiger partial charge in [0.1, 0.15) is 0 Å². The largest absolute Gasteiger partial charge is 0.322 e. The van der Waals surface area contributed by atoms with Crippen LogP contribution in [0.2, 0.25) is 0 Å². The van der Waals surface area contributed by atoms with Crippen molar-refractivity contribution in [2.24, 2.45) is 0 Å². The van der Waals surface area contributed by atoms with Crippen LogP contribution in [0.5, 0.6) is 0 Å². The molecule has 0 saturated carbocycles. The summed E-state index contributed by atoms with van der Waals surface area (Å²) in [6.45, 7) is 5.97. The molecule has 3 rings (SSSR count). The predicted octanol–water partition coefficient (Wildman–Crippen LogP) is 4.81. The third kappa shape index (κ3) is 3.26. The predicted molar refractivity (Wildman–Crippen MR) is 99.9 cm³/mol. The standard InChI is InChI=1S/C19H18BrN3O/c1-12-4-6-15(7-5-12)19(24)21-16-8-10-17(11-9-16)23-14(3)18(20)13(2)22-23/h4-11H,1-3H3,(H,21,24). The van der Waals surface area contributed by atoms with Crippen LogP contribution in [0.3, 0.4) is 0 Å². The quantitative estimate of drug-likeness (QED) is 0.704. The summed E-state index contributed by atoms with van der Waals surface area (Å²) < 4.78 is 2.89. The second-order valence-electron chi connectivity index (χ2n) is 5.76. The van der Waals surface area contributed by atoms with E-state index in [2.05, 4.69) is 26.3 Å². The number of carbonyl (C=O) groups is 1. The van der Waals surface area contributed by atoms with Crippen LogP contribution in [0, 0.1) is 20.8 Å². The molecule has 0 bridgehead atoms. The van der Waals surface area contributed by atoms with Crippen molar-refractivity contribution in [3.8, 4) is 5.69 Å². The average Bonchev–Trinajstić information content (AvgIpc) is 2.84. The summed E-state index contributed by atoms with van der Waals surface area (Å²) in [7, 11) is 0. The zero-order valence-electron chi connectivity index (χ0n) is 13.8. The maximum atomic E-state index is 12.2. The van der Waals surface area contributed by atoms with E-state index in [0.717, 1.165) is 32.8 Å². The van der Waals surface area contributed by atoms with Gasteiger partial charge < -0.3 is 5.32 Å². The molecule has 1 N–H and O–H groups in total. The first-order valence-corrected chi connectivity index (χ1v) is 8.45. The highest BCUT2D eigenvalue weighted by atomic mass is 79.9. The second kappa shape index (κ2) is 6.61. The fourth-order valence-electron chi connectivity index (χ4n) is 2.47. The van der Waals surface area contributed by atoms with Crippen LogP contribution in [0.4, 0.5) is 5.69 Å². The van der Waals surface area contributed by atoms with Gasteiger partial charge in [-0.1, -0.05) is 17.7 Å². The lowest BCUT2D eigenvalue weighted by molar-refractivity contribution is 0.102. The van der Waals surface area contributed by atoms with Crippen LogP contribution in [0.1, 0.15) is 27.3 Å². The van der Waals surface area contributed by atoms with Crippen LogP contribution in [-0.2, 0) is 0 Å². The zero-order chi connectivity index (χ0) is 17.3. The summed E-state index contributed by atoms with van der Waals surface area (Å²) in [6, 6.07) is 15.2.